The van der Waals surface area contributed by atoms with E-state index in [1.165, 1.54) is 12.0 Å². The first-order valence-corrected chi connectivity index (χ1v) is 13.9. The van der Waals surface area contributed by atoms with Crippen LogP contribution in [0.5, 0.6) is 0 Å². The molecule has 2 saturated heterocycles. The lowest BCUT2D eigenvalue weighted by atomic mass is 10.1. The molecule has 3 rings (SSSR count). The molecule has 1 N–H and O–H groups in total. The van der Waals surface area contributed by atoms with E-state index in [0.29, 0.717) is 19.5 Å². The van der Waals surface area contributed by atoms with Crippen molar-refractivity contribution >= 4 is 24.2 Å². The smallest absolute Gasteiger partial charge is 0.410 e. The maximum absolute atomic E-state index is 13.0. The predicted molar refractivity (Wildman–Crippen MR) is 150 cm³/mol. The first-order valence-electron chi connectivity index (χ1n) is 13.9. The van der Waals surface area contributed by atoms with Gasteiger partial charge in [-0.15, -0.1) is 0 Å². The number of amides is 3. The lowest BCUT2D eigenvalue weighted by molar-refractivity contribution is -0.145. The standard InChI is InChI=1S/C29H44N4O8/c1-28(2,3)40-25(35)31-13-14-32(27(37)41-29(4,5)6)22(18-31)16-30-21-15-23(24(34)38-7)33(17-21)26(36)39-19-20-11-9-8-10-12-20/h8-12,21-23,30H,13-19H2,1-7H3/t21-,22?,23-/m1/s1. The van der Waals surface area contributed by atoms with E-state index in [9.17, 15) is 19.2 Å². The molecule has 1 unspecified atom stereocenters. The zero-order valence-electron chi connectivity index (χ0n) is 25.2. The number of nitrogens with zero attached hydrogens (tertiary/aromatic N) is 3. The van der Waals surface area contributed by atoms with Gasteiger partial charge in [-0.1, -0.05) is 30.3 Å². The summed E-state index contributed by atoms with van der Waals surface area (Å²) >= 11 is 0. The second-order valence-electron chi connectivity index (χ2n) is 12.3. The van der Waals surface area contributed by atoms with Gasteiger partial charge in [-0.25, -0.2) is 19.2 Å². The molecule has 12 heteroatoms. The van der Waals surface area contributed by atoms with E-state index in [0.717, 1.165) is 5.56 Å². The molecular formula is C29H44N4O8. The fraction of sp³-hybridized carbons (Fsp3) is 0.655. The molecule has 2 heterocycles. The zero-order valence-corrected chi connectivity index (χ0v) is 25.2. The highest BCUT2D eigenvalue weighted by Crippen LogP contribution is 2.23. The largest absolute Gasteiger partial charge is 0.467 e. The predicted octanol–water partition coefficient (Wildman–Crippen LogP) is 3.39. The summed E-state index contributed by atoms with van der Waals surface area (Å²) in [5.41, 5.74) is -0.506. The van der Waals surface area contributed by atoms with Crippen molar-refractivity contribution in [3.63, 3.8) is 0 Å². The van der Waals surface area contributed by atoms with Gasteiger partial charge in [-0.3, -0.25) is 4.90 Å². The second kappa shape index (κ2) is 13.4. The number of benzene rings is 1. The third kappa shape index (κ3) is 9.51. The number of piperazine rings is 1. The number of rotatable bonds is 6. The molecule has 0 aliphatic carbocycles. The number of likely N-dealkylation sites (tertiary alicyclic amines) is 1. The minimum absolute atomic E-state index is 0.0790. The lowest BCUT2D eigenvalue weighted by Crippen LogP contribution is -2.61. The van der Waals surface area contributed by atoms with Crippen molar-refractivity contribution in [2.45, 2.75) is 83.9 Å². The summed E-state index contributed by atoms with van der Waals surface area (Å²) in [5, 5.41) is 3.39. The van der Waals surface area contributed by atoms with E-state index in [2.05, 4.69) is 5.32 Å². The highest BCUT2D eigenvalue weighted by atomic mass is 16.6. The summed E-state index contributed by atoms with van der Waals surface area (Å²) in [5.74, 6) is -0.532. The first-order chi connectivity index (χ1) is 19.2. The minimum atomic E-state index is -0.813. The van der Waals surface area contributed by atoms with Gasteiger partial charge in [0.15, 0.2) is 0 Å². The monoisotopic (exact) mass is 576 g/mol. The maximum atomic E-state index is 13.0. The van der Waals surface area contributed by atoms with Crippen LogP contribution in [0, 0.1) is 0 Å². The molecule has 3 atom stereocenters. The molecular weight excluding hydrogens is 532 g/mol. The van der Waals surface area contributed by atoms with Gasteiger partial charge in [-0.2, -0.15) is 0 Å². The Morgan fingerprint density at radius 2 is 1.49 bits per heavy atom. The third-order valence-electron chi connectivity index (χ3n) is 6.62. The Bertz CT molecular complexity index is 1070. The highest BCUT2D eigenvalue weighted by Gasteiger charge is 2.42. The van der Waals surface area contributed by atoms with Crippen LogP contribution in [0.1, 0.15) is 53.5 Å². The van der Waals surface area contributed by atoms with Gasteiger partial charge in [0.25, 0.3) is 0 Å². The van der Waals surface area contributed by atoms with E-state index >= 15 is 0 Å². The molecule has 3 amide bonds. The summed E-state index contributed by atoms with van der Waals surface area (Å²) in [7, 11) is 1.28. The number of nitrogens with one attached hydrogen (secondary N) is 1. The summed E-state index contributed by atoms with van der Waals surface area (Å²) in [6, 6.07) is 7.76. The Labute approximate surface area is 242 Å². The van der Waals surface area contributed by atoms with Crippen molar-refractivity contribution in [3.8, 4) is 0 Å². The average molecular weight is 577 g/mol. The van der Waals surface area contributed by atoms with Gasteiger partial charge in [0.1, 0.15) is 23.9 Å². The molecule has 0 spiro atoms. The summed E-state index contributed by atoms with van der Waals surface area (Å²) < 4.78 is 21.6. The number of carbonyl (C=O) groups is 4. The Balaban J connectivity index is 1.68. The van der Waals surface area contributed by atoms with Gasteiger partial charge in [-0.05, 0) is 53.5 Å². The molecule has 2 fully saturated rings. The van der Waals surface area contributed by atoms with Crippen LogP contribution in [0.4, 0.5) is 14.4 Å². The van der Waals surface area contributed by atoms with Crippen LogP contribution in [0.15, 0.2) is 30.3 Å². The van der Waals surface area contributed by atoms with Crippen molar-refractivity contribution in [2.24, 2.45) is 0 Å². The summed E-state index contributed by atoms with van der Waals surface area (Å²) in [6.07, 6.45) is -1.23. The Morgan fingerprint density at radius 3 is 2.10 bits per heavy atom. The van der Waals surface area contributed by atoms with Gasteiger partial charge < -0.3 is 34.1 Å². The van der Waals surface area contributed by atoms with Crippen LogP contribution in [0.2, 0.25) is 0 Å². The number of ether oxygens (including phenoxy) is 4. The molecule has 0 aromatic heterocycles. The van der Waals surface area contributed by atoms with Crippen molar-refractivity contribution in [3.05, 3.63) is 35.9 Å². The van der Waals surface area contributed by atoms with Crippen LogP contribution >= 0.6 is 0 Å². The SMILES string of the molecule is COC(=O)[C@H]1C[C@@H](NCC2CN(C(=O)OC(C)(C)C)CCN2C(=O)OC(C)(C)C)CN1C(=O)OCc1ccccc1. The van der Waals surface area contributed by atoms with Gasteiger partial charge >= 0.3 is 24.2 Å². The molecule has 1 aromatic carbocycles. The number of esters is 1. The first kappa shape index (κ1) is 32.0. The van der Waals surface area contributed by atoms with Crippen molar-refractivity contribution < 1.29 is 38.1 Å². The van der Waals surface area contributed by atoms with E-state index in [4.69, 9.17) is 18.9 Å². The van der Waals surface area contributed by atoms with Crippen LogP contribution in [0.25, 0.3) is 0 Å². The fourth-order valence-corrected chi connectivity index (χ4v) is 4.73. The normalized spacial score (nSPS) is 21.3. The van der Waals surface area contributed by atoms with Crippen LogP contribution < -0.4 is 5.32 Å². The molecule has 0 saturated carbocycles. The molecule has 12 nitrogen and oxygen atoms in total. The molecule has 0 radical (unpaired) electrons. The quantitative estimate of drug-likeness (QED) is 0.400. The number of hydrogen-bond acceptors (Lipinski definition) is 9. The van der Waals surface area contributed by atoms with Crippen molar-refractivity contribution in [1.29, 1.82) is 0 Å². The van der Waals surface area contributed by atoms with E-state index in [1.54, 1.807) is 51.3 Å². The Kier molecular flexibility index (Phi) is 10.5. The second-order valence-corrected chi connectivity index (χ2v) is 12.3. The van der Waals surface area contributed by atoms with E-state index < -0.39 is 47.5 Å². The Morgan fingerprint density at radius 1 is 0.854 bits per heavy atom. The number of methoxy groups -OCH3 is 1. The zero-order chi connectivity index (χ0) is 30.4. The van der Waals surface area contributed by atoms with Crippen LogP contribution in [-0.4, -0.2) is 108 Å². The number of carbonyl (C=O) groups excluding carboxylic acids is 4. The van der Waals surface area contributed by atoms with Gasteiger partial charge in [0, 0.05) is 38.8 Å². The molecule has 41 heavy (non-hydrogen) atoms. The highest BCUT2D eigenvalue weighted by molar-refractivity contribution is 5.82. The van der Waals surface area contributed by atoms with Gasteiger partial charge in [0.05, 0.1) is 13.2 Å². The van der Waals surface area contributed by atoms with Gasteiger partial charge in [0.2, 0.25) is 0 Å². The van der Waals surface area contributed by atoms with Crippen LogP contribution in [0.3, 0.4) is 0 Å². The Hall–Kier alpha value is -3.54. The fourth-order valence-electron chi connectivity index (χ4n) is 4.73. The number of hydrogen-bond donors (Lipinski definition) is 1. The minimum Gasteiger partial charge on any atom is -0.467 e. The molecule has 0 bridgehead atoms. The van der Waals surface area contributed by atoms with E-state index in [-0.39, 0.29) is 32.3 Å². The molecule has 2 aliphatic heterocycles. The molecule has 228 valence electrons. The summed E-state index contributed by atoms with van der Waals surface area (Å²) in [4.78, 5) is 55.9. The lowest BCUT2D eigenvalue weighted by Gasteiger charge is -2.42. The van der Waals surface area contributed by atoms with Crippen LogP contribution in [-0.2, 0) is 30.3 Å². The topological polar surface area (TPSA) is 127 Å². The molecule has 1 aromatic rings. The average Bonchev–Trinajstić information content (AvgIpc) is 3.33. The summed E-state index contributed by atoms with van der Waals surface area (Å²) in [6.45, 7) is 12.2. The van der Waals surface area contributed by atoms with Crippen molar-refractivity contribution in [2.75, 3.05) is 39.8 Å². The maximum Gasteiger partial charge on any atom is 0.410 e. The molecule has 2 aliphatic rings. The van der Waals surface area contributed by atoms with Crippen molar-refractivity contribution in [1.82, 2.24) is 20.0 Å². The third-order valence-corrected chi connectivity index (χ3v) is 6.62. The van der Waals surface area contributed by atoms with E-state index in [1.807, 2.05) is 30.3 Å².